The van der Waals surface area contributed by atoms with Crippen molar-refractivity contribution in [3.63, 3.8) is 0 Å². The lowest BCUT2D eigenvalue weighted by atomic mass is 9.97. The van der Waals surface area contributed by atoms with Gasteiger partial charge in [-0.3, -0.25) is 9.78 Å². The minimum absolute atomic E-state index is 0.0935. The van der Waals surface area contributed by atoms with Crippen molar-refractivity contribution in [2.24, 2.45) is 7.05 Å². The van der Waals surface area contributed by atoms with Crippen molar-refractivity contribution in [3.8, 4) is 6.07 Å². The fraction of sp³-hybridized carbons (Fsp3) is 0.308. The third-order valence-corrected chi connectivity index (χ3v) is 2.88. The Hall–Kier alpha value is -2.15. The zero-order chi connectivity index (χ0) is 12.6. The Bertz CT molecular complexity index is 677. The van der Waals surface area contributed by atoms with E-state index in [0.29, 0.717) is 0 Å². The fourth-order valence-electron chi connectivity index (χ4n) is 2.06. The van der Waals surface area contributed by atoms with Gasteiger partial charge in [0.1, 0.15) is 11.6 Å². The maximum atomic E-state index is 12.1. The van der Waals surface area contributed by atoms with E-state index in [4.69, 9.17) is 5.26 Å². The quantitative estimate of drug-likeness (QED) is 0.747. The van der Waals surface area contributed by atoms with Crippen LogP contribution in [-0.4, -0.2) is 9.55 Å². The number of fused-ring (bicyclic) bond motifs is 1. The van der Waals surface area contributed by atoms with Gasteiger partial charge in [0.25, 0.3) is 5.56 Å². The number of hydrogen-bond donors (Lipinski definition) is 0. The van der Waals surface area contributed by atoms with Crippen LogP contribution < -0.4 is 5.56 Å². The molecule has 0 aliphatic rings. The zero-order valence-corrected chi connectivity index (χ0v) is 10.1. The van der Waals surface area contributed by atoms with Gasteiger partial charge in [-0.05, 0) is 18.1 Å². The molecule has 17 heavy (non-hydrogen) atoms. The first-order chi connectivity index (χ1) is 8.07. The highest BCUT2D eigenvalue weighted by molar-refractivity contribution is 5.80. The second-order valence-electron chi connectivity index (χ2n) is 4.29. The molecule has 0 saturated carbocycles. The molecule has 0 unspecified atom stereocenters. The molecule has 4 nitrogen and oxygen atoms in total. The molecule has 4 heteroatoms. The van der Waals surface area contributed by atoms with Crippen LogP contribution in [0.4, 0.5) is 0 Å². The predicted octanol–water partition coefficient (Wildman–Crippen LogP) is 1.93. The van der Waals surface area contributed by atoms with E-state index in [-0.39, 0.29) is 17.0 Å². The molecule has 0 aliphatic heterocycles. The number of nitrogens with zero attached hydrogens (tertiary/aromatic N) is 3. The van der Waals surface area contributed by atoms with Crippen molar-refractivity contribution < 1.29 is 0 Å². The van der Waals surface area contributed by atoms with Crippen LogP contribution in [0.5, 0.6) is 0 Å². The van der Waals surface area contributed by atoms with Crippen molar-refractivity contribution in [1.82, 2.24) is 9.55 Å². The van der Waals surface area contributed by atoms with Crippen LogP contribution in [0.25, 0.3) is 11.0 Å². The average molecular weight is 227 g/mol. The first-order valence-corrected chi connectivity index (χ1v) is 5.45. The summed E-state index contributed by atoms with van der Waals surface area (Å²) in [6.07, 6.45) is 1.68. The van der Waals surface area contributed by atoms with E-state index < -0.39 is 0 Å². The summed E-state index contributed by atoms with van der Waals surface area (Å²) < 4.78 is 1.48. The van der Waals surface area contributed by atoms with E-state index >= 15 is 0 Å². The van der Waals surface area contributed by atoms with Crippen LogP contribution in [0, 0.1) is 11.3 Å². The van der Waals surface area contributed by atoms with Crippen LogP contribution in [0.2, 0.25) is 0 Å². The Morgan fingerprint density at radius 1 is 1.47 bits per heavy atom. The number of pyridine rings is 2. The van der Waals surface area contributed by atoms with E-state index in [2.05, 4.69) is 4.98 Å². The summed E-state index contributed by atoms with van der Waals surface area (Å²) in [5.41, 5.74) is 2.19. The van der Waals surface area contributed by atoms with E-state index in [1.807, 2.05) is 26.0 Å². The van der Waals surface area contributed by atoms with Crippen LogP contribution in [-0.2, 0) is 7.05 Å². The number of aryl methyl sites for hydroxylation is 1. The summed E-state index contributed by atoms with van der Waals surface area (Å²) in [5.74, 6) is 0.0935. The smallest absolute Gasteiger partial charge is 0.269 e. The van der Waals surface area contributed by atoms with Gasteiger partial charge in [0, 0.05) is 18.8 Å². The summed E-state index contributed by atoms with van der Waals surface area (Å²) in [5, 5.41) is 9.14. The van der Waals surface area contributed by atoms with Gasteiger partial charge in [0.15, 0.2) is 0 Å². The highest BCUT2D eigenvalue weighted by atomic mass is 16.1. The molecule has 0 bridgehead atoms. The highest BCUT2D eigenvalue weighted by Crippen LogP contribution is 2.24. The van der Waals surface area contributed by atoms with Crippen LogP contribution >= 0.6 is 0 Å². The molecule has 0 spiro atoms. The first kappa shape index (κ1) is 11.3. The molecule has 86 valence electrons. The van der Waals surface area contributed by atoms with Crippen LogP contribution in [0.1, 0.15) is 30.9 Å². The second-order valence-corrected chi connectivity index (χ2v) is 4.29. The molecule has 2 heterocycles. The fourth-order valence-corrected chi connectivity index (χ4v) is 2.06. The molecule has 0 radical (unpaired) electrons. The zero-order valence-electron chi connectivity index (χ0n) is 10.1. The van der Waals surface area contributed by atoms with Gasteiger partial charge in [-0.2, -0.15) is 5.26 Å². The van der Waals surface area contributed by atoms with Crippen molar-refractivity contribution in [3.05, 3.63) is 39.8 Å². The Kier molecular flexibility index (Phi) is 2.68. The largest absolute Gasteiger partial charge is 0.309 e. The van der Waals surface area contributed by atoms with E-state index in [1.165, 1.54) is 4.57 Å². The lowest BCUT2D eigenvalue weighted by molar-refractivity contribution is 0.834. The van der Waals surface area contributed by atoms with Gasteiger partial charge < -0.3 is 4.57 Å². The summed E-state index contributed by atoms with van der Waals surface area (Å²) in [6, 6.07) is 5.64. The Balaban J connectivity index is 3.09. The molecular weight excluding hydrogens is 214 g/mol. The van der Waals surface area contributed by atoms with Gasteiger partial charge in [-0.15, -0.1) is 0 Å². The summed E-state index contributed by atoms with van der Waals surface area (Å²) in [6.45, 7) is 3.92. The number of aromatic nitrogens is 2. The molecule has 0 aliphatic carbocycles. The first-order valence-electron chi connectivity index (χ1n) is 5.45. The van der Waals surface area contributed by atoms with Gasteiger partial charge in [-0.1, -0.05) is 13.8 Å². The Morgan fingerprint density at radius 3 is 2.76 bits per heavy atom. The number of nitriles is 1. The Labute approximate surface area is 99.1 Å². The third-order valence-electron chi connectivity index (χ3n) is 2.88. The maximum Gasteiger partial charge on any atom is 0.269 e. The lowest BCUT2D eigenvalue weighted by Crippen LogP contribution is -2.23. The van der Waals surface area contributed by atoms with E-state index in [1.54, 1.807) is 19.3 Å². The van der Waals surface area contributed by atoms with Gasteiger partial charge in [-0.25, -0.2) is 0 Å². The van der Waals surface area contributed by atoms with Gasteiger partial charge >= 0.3 is 0 Å². The number of hydrogen-bond acceptors (Lipinski definition) is 3. The van der Waals surface area contributed by atoms with Crippen molar-refractivity contribution >= 4 is 11.0 Å². The van der Waals surface area contributed by atoms with E-state index in [0.717, 1.165) is 16.6 Å². The molecular formula is C13H13N3O. The predicted molar refractivity (Wildman–Crippen MR) is 65.8 cm³/mol. The van der Waals surface area contributed by atoms with Crippen molar-refractivity contribution in [2.75, 3.05) is 0 Å². The summed E-state index contributed by atoms with van der Waals surface area (Å²) in [7, 11) is 1.66. The molecule has 0 atom stereocenters. The average Bonchev–Trinajstić information content (AvgIpc) is 2.33. The highest BCUT2D eigenvalue weighted by Gasteiger charge is 2.17. The molecule has 0 fully saturated rings. The summed E-state index contributed by atoms with van der Waals surface area (Å²) >= 11 is 0. The van der Waals surface area contributed by atoms with Gasteiger partial charge in [0.2, 0.25) is 0 Å². The molecule has 2 aromatic rings. The third kappa shape index (κ3) is 1.60. The number of rotatable bonds is 1. The standard InChI is InChI=1S/C13H13N3O/c1-8(2)11-9(7-14)13(17)16(3)10-5-4-6-15-12(10)11/h4-6,8H,1-3H3. The van der Waals surface area contributed by atoms with Crippen LogP contribution in [0.3, 0.4) is 0 Å². The minimum atomic E-state index is -0.253. The molecule has 0 aromatic carbocycles. The maximum absolute atomic E-state index is 12.1. The molecule has 0 N–H and O–H groups in total. The normalized spacial score (nSPS) is 10.8. The monoisotopic (exact) mass is 227 g/mol. The van der Waals surface area contributed by atoms with Crippen molar-refractivity contribution in [1.29, 1.82) is 5.26 Å². The lowest BCUT2D eigenvalue weighted by Gasteiger charge is -2.13. The SMILES string of the molecule is CC(C)c1c(C#N)c(=O)n(C)c2cccnc12. The molecule has 0 saturated heterocycles. The minimum Gasteiger partial charge on any atom is -0.309 e. The topological polar surface area (TPSA) is 58.7 Å². The van der Waals surface area contributed by atoms with Gasteiger partial charge in [0.05, 0.1) is 11.0 Å². The molecule has 0 amide bonds. The Morgan fingerprint density at radius 2 is 2.18 bits per heavy atom. The van der Waals surface area contributed by atoms with Crippen molar-refractivity contribution in [2.45, 2.75) is 19.8 Å². The second kappa shape index (κ2) is 4.02. The van der Waals surface area contributed by atoms with E-state index in [9.17, 15) is 4.79 Å². The summed E-state index contributed by atoms with van der Waals surface area (Å²) in [4.78, 5) is 16.4. The van der Waals surface area contributed by atoms with Crippen LogP contribution in [0.15, 0.2) is 23.1 Å². The molecule has 2 rings (SSSR count). The molecule has 2 aromatic heterocycles.